The zero-order chi connectivity index (χ0) is 15.0. The third-order valence-electron chi connectivity index (χ3n) is 3.96. The summed E-state index contributed by atoms with van der Waals surface area (Å²) in [5.74, 6) is 1.96. The van der Waals surface area contributed by atoms with Crippen LogP contribution < -0.4 is 5.32 Å². The topological polar surface area (TPSA) is 25.2 Å². The van der Waals surface area contributed by atoms with Crippen molar-refractivity contribution in [1.82, 2.24) is 5.32 Å². The zero-order valence-corrected chi connectivity index (χ0v) is 13.8. The van der Waals surface area contributed by atoms with Gasteiger partial charge in [0.1, 0.15) is 11.5 Å². The molecule has 0 saturated carbocycles. The van der Waals surface area contributed by atoms with Crippen LogP contribution in [0.2, 0.25) is 0 Å². The molecule has 2 nitrogen and oxygen atoms in total. The molecule has 0 aliphatic carbocycles. The first-order chi connectivity index (χ1) is 10.1. The molecule has 1 N–H and O–H groups in total. The van der Waals surface area contributed by atoms with E-state index in [0.717, 1.165) is 11.5 Å². The van der Waals surface area contributed by atoms with Crippen molar-refractivity contribution in [3.05, 3.63) is 58.4 Å². The molecule has 0 aliphatic rings. The SMILES string of the molecule is Cc1ccc(C(C)NC(C)c2sc3ccccc3c2C)o1. The van der Waals surface area contributed by atoms with E-state index < -0.39 is 0 Å². The molecule has 3 aromatic rings. The van der Waals surface area contributed by atoms with Crippen LogP contribution in [0, 0.1) is 13.8 Å². The van der Waals surface area contributed by atoms with Gasteiger partial charge >= 0.3 is 0 Å². The van der Waals surface area contributed by atoms with E-state index in [1.807, 2.05) is 24.3 Å². The molecule has 0 aliphatic heterocycles. The molecule has 2 aromatic heterocycles. The highest BCUT2D eigenvalue weighted by atomic mass is 32.1. The first-order valence-electron chi connectivity index (χ1n) is 7.36. The second-order valence-corrected chi connectivity index (χ2v) is 6.73. The van der Waals surface area contributed by atoms with Gasteiger partial charge < -0.3 is 9.73 Å². The lowest BCUT2D eigenvalue weighted by Gasteiger charge is -2.18. The molecule has 2 unspecified atom stereocenters. The molecular weight excluding hydrogens is 278 g/mol. The molecule has 0 radical (unpaired) electrons. The number of aryl methyl sites for hydroxylation is 2. The van der Waals surface area contributed by atoms with Crippen molar-refractivity contribution in [3.8, 4) is 0 Å². The monoisotopic (exact) mass is 299 g/mol. The Bertz CT molecular complexity index is 756. The summed E-state index contributed by atoms with van der Waals surface area (Å²) in [5.41, 5.74) is 1.39. The summed E-state index contributed by atoms with van der Waals surface area (Å²) in [7, 11) is 0. The van der Waals surface area contributed by atoms with Gasteiger partial charge in [0.05, 0.1) is 6.04 Å². The number of rotatable bonds is 4. The molecule has 110 valence electrons. The quantitative estimate of drug-likeness (QED) is 0.686. The highest BCUT2D eigenvalue weighted by molar-refractivity contribution is 7.19. The number of furan rings is 1. The number of fused-ring (bicyclic) bond motifs is 1. The first kappa shape index (κ1) is 14.4. The second kappa shape index (κ2) is 5.66. The smallest absolute Gasteiger partial charge is 0.120 e. The molecule has 3 rings (SSSR count). The van der Waals surface area contributed by atoms with Crippen LogP contribution in [-0.4, -0.2) is 0 Å². The van der Waals surface area contributed by atoms with Crippen LogP contribution in [0.3, 0.4) is 0 Å². The lowest BCUT2D eigenvalue weighted by Crippen LogP contribution is -2.21. The summed E-state index contributed by atoms with van der Waals surface area (Å²) >= 11 is 1.88. The Labute approximate surface area is 129 Å². The van der Waals surface area contributed by atoms with Crippen molar-refractivity contribution in [3.63, 3.8) is 0 Å². The molecular formula is C18H21NOS. The minimum Gasteiger partial charge on any atom is -0.465 e. The van der Waals surface area contributed by atoms with Crippen molar-refractivity contribution < 1.29 is 4.42 Å². The fraction of sp³-hybridized carbons (Fsp3) is 0.333. The number of hydrogen-bond donors (Lipinski definition) is 1. The van der Waals surface area contributed by atoms with E-state index in [2.05, 4.69) is 56.4 Å². The van der Waals surface area contributed by atoms with Gasteiger partial charge in [-0.2, -0.15) is 0 Å². The molecule has 1 aromatic carbocycles. The van der Waals surface area contributed by atoms with E-state index in [1.54, 1.807) is 0 Å². The second-order valence-electron chi connectivity index (χ2n) is 5.65. The summed E-state index contributed by atoms with van der Waals surface area (Å²) in [6, 6.07) is 13.2. The third-order valence-corrected chi connectivity index (χ3v) is 5.42. The molecule has 0 fully saturated rings. The average Bonchev–Trinajstić information content (AvgIpc) is 3.04. The fourth-order valence-corrected chi connectivity index (χ4v) is 4.05. The van der Waals surface area contributed by atoms with Crippen molar-refractivity contribution in [2.75, 3.05) is 0 Å². The van der Waals surface area contributed by atoms with Gasteiger partial charge in [0.2, 0.25) is 0 Å². The van der Waals surface area contributed by atoms with Crippen LogP contribution in [-0.2, 0) is 0 Å². The van der Waals surface area contributed by atoms with Gasteiger partial charge in [-0.3, -0.25) is 0 Å². The van der Waals surface area contributed by atoms with Crippen LogP contribution in [0.5, 0.6) is 0 Å². The third kappa shape index (κ3) is 2.76. The van der Waals surface area contributed by atoms with Crippen LogP contribution >= 0.6 is 11.3 Å². The summed E-state index contributed by atoms with van der Waals surface area (Å²) in [5, 5.41) is 5.01. The van der Waals surface area contributed by atoms with E-state index in [4.69, 9.17) is 4.42 Å². The minimum atomic E-state index is 0.207. The van der Waals surface area contributed by atoms with Crippen molar-refractivity contribution in [2.45, 2.75) is 39.8 Å². The zero-order valence-electron chi connectivity index (χ0n) is 12.9. The Morgan fingerprint density at radius 3 is 2.43 bits per heavy atom. The highest BCUT2D eigenvalue weighted by Gasteiger charge is 2.18. The van der Waals surface area contributed by atoms with Gasteiger partial charge in [-0.1, -0.05) is 18.2 Å². The lowest BCUT2D eigenvalue weighted by molar-refractivity contribution is 0.394. The molecule has 0 spiro atoms. The van der Waals surface area contributed by atoms with Gasteiger partial charge in [-0.15, -0.1) is 11.3 Å². The summed E-state index contributed by atoms with van der Waals surface area (Å²) in [4.78, 5) is 1.41. The standard InChI is InChI=1S/C18H21NOS/c1-11-9-10-16(20-11)13(3)19-14(4)18-12(2)15-7-5-6-8-17(15)21-18/h5-10,13-14,19H,1-4H3. The van der Waals surface area contributed by atoms with Crippen molar-refractivity contribution in [2.24, 2.45) is 0 Å². The molecule has 21 heavy (non-hydrogen) atoms. The fourth-order valence-electron chi connectivity index (χ4n) is 2.83. The molecule has 2 atom stereocenters. The van der Waals surface area contributed by atoms with Gasteiger partial charge in [0.15, 0.2) is 0 Å². The van der Waals surface area contributed by atoms with Crippen molar-refractivity contribution >= 4 is 21.4 Å². The van der Waals surface area contributed by atoms with E-state index in [0.29, 0.717) is 6.04 Å². The summed E-state index contributed by atoms with van der Waals surface area (Å²) < 4.78 is 7.07. The van der Waals surface area contributed by atoms with Gasteiger partial charge in [0, 0.05) is 15.6 Å². The van der Waals surface area contributed by atoms with E-state index >= 15 is 0 Å². The number of hydrogen-bond acceptors (Lipinski definition) is 3. The van der Waals surface area contributed by atoms with Crippen molar-refractivity contribution in [1.29, 1.82) is 0 Å². The Morgan fingerprint density at radius 2 is 1.76 bits per heavy atom. The molecule has 3 heteroatoms. The molecule has 0 saturated heterocycles. The van der Waals surface area contributed by atoms with Crippen LogP contribution in [0.4, 0.5) is 0 Å². The Hall–Kier alpha value is -1.58. The van der Waals surface area contributed by atoms with Crippen LogP contribution in [0.1, 0.15) is 47.9 Å². The summed E-state index contributed by atoms with van der Waals surface area (Å²) in [6.07, 6.45) is 0. The van der Waals surface area contributed by atoms with E-state index in [-0.39, 0.29) is 6.04 Å². The van der Waals surface area contributed by atoms with Gasteiger partial charge in [0.25, 0.3) is 0 Å². The molecule has 0 bridgehead atoms. The normalized spacial score (nSPS) is 14.5. The Balaban J connectivity index is 1.83. The number of nitrogens with one attached hydrogen (secondary N) is 1. The van der Waals surface area contributed by atoms with Gasteiger partial charge in [-0.25, -0.2) is 0 Å². The molecule has 0 amide bonds. The maximum atomic E-state index is 5.71. The van der Waals surface area contributed by atoms with E-state index in [1.165, 1.54) is 20.5 Å². The van der Waals surface area contributed by atoms with Crippen LogP contribution in [0.25, 0.3) is 10.1 Å². The molecule has 2 heterocycles. The predicted molar refractivity (Wildman–Crippen MR) is 90.0 cm³/mol. The largest absolute Gasteiger partial charge is 0.465 e. The minimum absolute atomic E-state index is 0.207. The Kier molecular flexibility index (Phi) is 3.87. The first-order valence-corrected chi connectivity index (χ1v) is 8.18. The maximum absolute atomic E-state index is 5.71. The number of benzene rings is 1. The predicted octanol–water partition coefficient (Wildman–Crippen LogP) is 5.52. The van der Waals surface area contributed by atoms with E-state index in [9.17, 15) is 0 Å². The Morgan fingerprint density at radius 1 is 1.00 bits per heavy atom. The van der Waals surface area contributed by atoms with Crippen LogP contribution in [0.15, 0.2) is 40.8 Å². The summed E-state index contributed by atoms with van der Waals surface area (Å²) in [6.45, 7) is 8.57. The average molecular weight is 299 g/mol. The lowest BCUT2D eigenvalue weighted by atomic mass is 10.1. The van der Waals surface area contributed by atoms with Gasteiger partial charge in [-0.05, 0) is 56.8 Å². The number of thiophene rings is 1. The maximum Gasteiger partial charge on any atom is 0.120 e. The highest BCUT2D eigenvalue weighted by Crippen LogP contribution is 2.35.